The lowest BCUT2D eigenvalue weighted by Gasteiger charge is -2.25. The summed E-state index contributed by atoms with van der Waals surface area (Å²) < 4.78 is 2.18. The maximum absolute atomic E-state index is 6.32. The SMILES string of the molecule is CCCc1nccn1C(c1ccccn1)C(N)CC. The zero-order valence-electron chi connectivity index (χ0n) is 11.7. The molecule has 2 aromatic rings. The van der Waals surface area contributed by atoms with E-state index >= 15 is 0 Å². The fraction of sp³-hybridized carbons (Fsp3) is 0.467. The Kier molecular flexibility index (Phi) is 4.68. The largest absolute Gasteiger partial charge is 0.326 e. The van der Waals surface area contributed by atoms with Crippen molar-refractivity contribution in [3.8, 4) is 0 Å². The summed E-state index contributed by atoms with van der Waals surface area (Å²) in [5.41, 5.74) is 7.32. The van der Waals surface area contributed by atoms with Crippen LogP contribution in [0.15, 0.2) is 36.8 Å². The highest BCUT2D eigenvalue weighted by Crippen LogP contribution is 2.23. The van der Waals surface area contributed by atoms with Crippen LogP contribution < -0.4 is 5.73 Å². The average molecular weight is 258 g/mol. The van der Waals surface area contributed by atoms with Crippen molar-refractivity contribution >= 4 is 0 Å². The Morgan fingerprint density at radius 3 is 2.68 bits per heavy atom. The van der Waals surface area contributed by atoms with E-state index in [0.29, 0.717) is 0 Å². The predicted molar refractivity (Wildman–Crippen MR) is 76.9 cm³/mol. The van der Waals surface area contributed by atoms with Crippen LogP contribution in [-0.4, -0.2) is 20.6 Å². The molecule has 2 aromatic heterocycles. The summed E-state index contributed by atoms with van der Waals surface area (Å²) in [6.07, 6.45) is 8.63. The van der Waals surface area contributed by atoms with Crippen LogP contribution >= 0.6 is 0 Å². The smallest absolute Gasteiger partial charge is 0.109 e. The Balaban J connectivity index is 2.40. The van der Waals surface area contributed by atoms with Gasteiger partial charge in [-0.1, -0.05) is 19.9 Å². The van der Waals surface area contributed by atoms with Crippen molar-refractivity contribution in [2.24, 2.45) is 5.73 Å². The molecule has 0 saturated carbocycles. The van der Waals surface area contributed by atoms with E-state index in [1.807, 2.05) is 36.8 Å². The minimum Gasteiger partial charge on any atom is -0.326 e. The highest BCUT2D eigenvalue weighted by Gasteiger charge is 2.23. The van der Waals surface area contributed by atoms with E-state index in [4.69, 9.17) is 5.73 Å². The number of imidazole rings is 1. The second-order valence-corrected chi connectivity index (χ2v) is 4.77. The fourth-order valence-electron chi connectivity index (χ4n) is 2.36. The van der Waals surface area contributed by atoms with Gasteiger partial charge in [0.25, 0.3) is 0 Å². The molecule has 0 aliphatic carbocycles. The summed E-state index contributed by atoms with van der Waals surface area (Å²) in [4.78, 5) is 8.93. The zero-order valence-corrected chi connectivity index (χ0v) is 11.7. The normalized spacial score (nSPS) is 14.3. The van der Waals surface area contributed by atoms with Crippen molar-refractivity contribution < 1.29 is 0 Å². The first-order valence-corrected chi connectivity index (χ1v) is 6.96. The topological polar surface area (TPSA) is 56.7 Å². The van der Waals surface area contributed by atoms with Crippen molar-refractivity contribution in [2.45, 2.75) is 45.2 Å². The van der Waals surface area contributed by atoms with Crippen LogP contribution in [0.4, 0.5) is 0 Å². The molecule has 0 aromatic carbocycles. The first-order valence-electron chi connectivity index (χ1n) is 6.96. The van der Waals surface area contributed by atoms with Gasteiger partial charge in [0.05, 0.1) is 11.7 Å². The lowest BCUT2D eigenvalue weighted by molar-refractivity contribution is 0.436. The van der Waals surface area contributed by atoms with Gasteiger partial charge in [-0.05, 0) is 25.0 Å². The maximum Gasteiger partial charge on any atom is 0.109 e. The van der Waals surface area contributed by atoms with Crippen LogP contribution in [0.3, 0.4) is 0 Å². The van der Waals surface area contributed by atoms with Crippen LogP contribution in [0.2, 0.25) is 0 Å². The van der Waals surface area contributed by atoms with Gasteiger partial charge in [-0.2, -0.15) is 0 Å². The van der Waals surface area contributed by atoms with Crippen LogP contribution in [-0.2, 0) is 6.42 Å². The Labute approximate surface area is 114 Å². The molecule has 2 atom stereocenters. The molecule has 0 fully saturated rings. The summed E-state index contributed by atoms with van der Waals surface area (Å²) in [5, 5.41) is 0. The second kappa shape index (κ2) is 6.48. The Morgan fingerprint density at radius 2 is 2.05 bits per heavy atom. The van der Waals surface area contributed by atoms with Gasteiger partial charge in [-0.15, -0.1) is 0 Å². The molecule has 4 nitrogen and oxygen atoms in total. The molecular weight excluding hydrogens is 236 g/mol. The summed E-state index contributed by atoms with van der Waals surface area (Å²) in [6.45, 7) is 4.27. The van der Waals surface area contributed by atoms with E-state index in [2.05, 4.69) is 28.4 Å². The number of hydrogen-bond acceptors (Lipinski definition) is 3. The Bertz CT molecular complexity index is 492. The summed E-state index contributed by atoms with van der Waals surface area (Å²) >= 11 is 0. The zero-order chi connectivity index (χ0) is 13.7. The second-order valence-electron chi connectivity index (χ2n) is 4.77. The van der Waals surface area contributed by atoms with E-state index in [0.717, 1.165) is 30.8 Å². The number of aromatic nitrogens is 3. The lowest BCUT2D eigenvalue weighted by Crippen LogP contribution is -2.33. The molecular formula is C15H22N4. The minimum atomic E-state index is 0.0414. The van der Waals surface area contributed by atoms with E-state index in [9.17, 15) is 0 Å². The highest BCUT2D eigenvalue weighted by atomic mass is 15.1. The van der Waals surface area contributed by atoms with Crippen molar-refractivity contribution in [2.75, 3.05) is 0 Å². The number of pyridine rings is 1. The van der Waals surface area contributed by atoms with E-state index in [1.165, 1.54) is 0 Å². The van der Waals surface area contributed by atoms with Gasteiger partial charge in [-0.25, -0.2) is 4.98 Å². The molecule has 0 spiro atoms. The number of aryl methyl sites for hydroxylation is 1. The summed E-state index contributed by atoms with van der Waals surface area (Å²) in [5.74, 6) is 1.09. The standard InChI is InChI=1S/C15H22N4/c1-3-7-14-18-10-11-19(14)15(12(16)4-2)13-8-5-6-9-17-13/h5-6,8-12,15H,3-4,7,16H2,1-2H3. The van der Waals surface area contributed by atoms with Crippen molar-refractivity contribution in [1.29, 1.82) is 0 Å². The first-order chi connectivity index (χ1) is 9.27. The Morgan fingerprint density at radius 1 is 1.21 bits per heavy atom. The maximum atomic E-state index is 6.32. The van der Waals surface area contributed by atoms with Gasteiger partial charge in [0.15, 0.2) is 0 Å². The molecule has 0 aliphatic rings. The van der Waals surface area contributed by atoms with Crippen LogP contribution in [0.25, 0.3) is 0 Å². The molecule has 0 radical (unpaired) electrons. The first kappa shape index (κ1) is 13.7. The molecule has 2 N–H and O–H groups in total. The van der Waals surface area contributed by atoms with Gasteiger partial charge in [0.1, 0.15) is 5.82 Å². The summed E-state index contributed by atoms with van der Waals surface area (Å²) in [7, 11) is 0. The lowest BCUT2D eigenvalue weighted by atomic mass is 10.0. The third-order valence-corrected chi connectivity index (χ3v) is 3.39. The van der Waals surface area contributed by atoms with Gasteiger partial charge in [0, 0.05) is 31.1 Å². The van der Waals surface area contributed by atoms with Crippen molar-refractivity contribution in [1.82, 2.24) is 14.5 Å². The van der Waals surface area contributed by atoms with E-state index in [1.54, 1.807) is 0 Å². The highest BCUT2D eigenvalue weighted by molar-refractivity contribution is 5.15. The van der Waals surface area contributed by atoms with Gasteiger partial charge >= 0.3 is 0 Å². The quantitative estimate of drug-likeness (QED) is 0.866. The molecule has 0 aliphatic heterocycles. The van der Waals surface area contributed by atoms with Gasteiger partial charge in [-0.3, -0.25) is 4.98 Å². The van der Waals surface area contributed by atoms with Gasteiger partial charge < -0.3 is 10.3 Å². The van der Waals surface area contributed by atoms with E-state index in [-0.39, 0.29) is 12.1 Å². The van der Waals surface area contributed by atoms with E-state index < -0.39 is 0 Å². The van der Waals surface area contributed by atoms with Gasteiger partial charge in [0.2, 0.25) is 0 Å². The predicted octanol–water partition coefficient (Wildman–Crippen LogP) is 2.56. The molecule has 0 saturated heterocycles. The molecule has 0 bridgehead atoms. The number of nitrogens with zero attached hydrogens (tertiary/aromatic N) is 3. The monoisotopic (exact) mass is 258 g/mol. The third kappa shape index (κ3) is 3.01. The Hall–Kier alpha value is -1.68. The number of hydrogen-bond donors (Lipinski definition) is 1. The minimum absolute atomic E-state index is 0.0414. The molecule has 19 heavy (non-hydrogen) atoms. The van der Waals surface area contributed by atoms with Crippen LogP contribution in [0, 0.1) is 0 Å². The molecule has 2 unspecified atom stereocenters. The van der Waals surface area contributed by atoms with Crippen LogP contribution in [0.1, 0.15) is 44.2 Å². The van der Waals surface area contributed by atoms with Crippen LogP contribution in [0.5, 0.6) is 0 Å². The fourth-order valence-corrected chi connectivity index (χ4v) is 2.36. The molecule has 0 amide bonds. The molecule has 2 rings (SSSR count). The summed E-state index contributed by atoms with van der Waals surface area (Å²) in [6, 6.07) is 6.08. The molecule has 102 valence electrons. The molecule has 2 heterocycles. The van der Waals surface area contributed by atoms with Crippen molar-refractivity contribution in [3.63, 3.8) is 0 Å². The average Bonchev–Trinajstić information content (AvgIpc) is 2.89. The molecule has 4 heteroatoms. The third-order valence-electron chi connectivity index (χ3n) is 3.39. The van der Waals surface area contributed by atoms with Crippen molar-refractivity contribution in [3.05, 3.63) is 48.3 Å². The number of rotatable bonds is 6. The number of nitrogens with two attached hydrogens (primary N) is 1.